The Morgan fingerprint density at radius 3 is 2.68 bits per heavy atom. The largest absolute Gasteiger partial charge is 0.478 e. The number of halogens is 1. The SMILES string of the molecule is O=C(O)/C=C/c1cc(F)ccc1N1CCS(=O)CC1. The summed E-state index contributed by atoms with van der Waals surface area (Å²) in [4.78, 5) is 12.6. The Bertz CT molecular complexity index is 535. The van der Waals surface area contributed by atoms with Gasteiger partial charge in [0.15, 0.2) is 0 Å². The molecular formula is C13H14FNO3S. The summed E-state index contributed by atoms with van der Waals surface area (Å²) in [5, 5.41) is 8.65. The van der Waals surface area contributed by atoms with E-state index in [0.29, 0.717) is 30.2 Å². The zero-order chi connectivity index (χ0) is 13.8. The van der Waals surface area contributed by atoms with Crippen molar-refractivity contribution in [3.8, 4) is 0 Å². The Morgan fingerprint density at radius 2 is 2.05 bits per heavy atom. The van der Waals surface area contributed by atoms with Crippen LogP contribution in [0.4, 0.5) is 10.1 Å². The van der Waals surface area contributed by atoms with Crippen molar-refractivity contribution in [3.05, 3.63) is 35.7 Å². The summed E-state index contributed by atoms with van der Waals surface area (Å²) in [6.07, 6.45) is 2.37. The molecule has 6 heteroatoms. The average Bonchev–Trinajstić information content (AvgIpc) is 2.38. The molecule has 1 heterocycles. The minimum Gasteiger partial charge on any atom is -0.478 e. The fraction of sp³-hybridized carbons (Fsp3) is 0.308. The van der Waals surface area contributed by atoms with Crippen molar-refractivity contribution in [2.24, 2.45) is 0 Å². The number of carboxylic acid groups (broad SMARTS) is 1. The van der Waals surface area contributed by atoms with Crippen LogP contribution < -0.4 is 4.90 Å². The van der Waals surface area contributed by atoms with Gasteiger partial charge in [-0.15, -0.1) is 0 Å². The molecule has 0 atom stereocenters. The monoisotopic (exact) mass is 283 g/mol. The quantitative estimate of drug-likeness (QED) is 0.854. The molecule has 19 heavy (non-hydrogen) atoms. The summed E-state index contributed by atoms with van der Waals surface area (Å²) >= 11 is 0. The van der Waals surface area contributed by atoms with E-state index in [4.69, 9.17) is 5.11 Å². The molecule has 0 unspecified atom stereocenters. The van der Waals surface area contributed by atoms with Gasteiger partial charge in [-0.25, -0.2) is 9.18 Å². The summed E-state index contributed by atoms with van der Waals surface area (Å²) in [5.74, 6) is -0.317. The van der Waals surface area contributed by atoms with Gasteiger partial charge in [0.05, 0.1) is 0 Å². The van der Waals surface area contributed by atoms with Crippen molar-refractivity contribution in [1.29, 1.82) is 0 Å². The zero-order valence-electron chi connectivity index (χ0n) is 10.2. The van der Waals surface area contributed by atoms with Gasteiger partial charge >= 0.3 is 5.97 Å². The molecule has 1 saturated heterocycles. The first-order valence-corrected chi connectivity index (χ1v) is 7.35. The third kappa shape index (κ3) is 3.64. The summed E-state index contributed by atoms with van der Waals surface area (Å²) in [7, 11) is -0.785. The molecule has 0 aromatic heterocycles. The van der Waals surface area contributed by atoms with Crippen LogP contribution in [0.5, 0.6) is 0 Å². The molecule has 4 nitrogen and oxygen atoms in total. The van der Waals surface area contributed by atoms with E-state index in [9.17, 15) is 13.4 Å². The molecule has 0 spiro atoms. The van der Waals surface area contributed by atoms with Crippen molar-refractivity contribution < 1.29 is 18.5 Å². The first kappa shape index (κ1) is 13.7. The highest BCUT2D eigenvalue weighted by atomic mass is 32.2. The van der Waals surface area contributed by atoms with Crippen LogP contribution in [0, 0.1) is 5.82 Å². The summed E-state index contributed by atoms with van der Waals surface area (Å²) in [5.41, 5.74) is 1.30. The molecule has 0 bridgehead atoms. The number of anilines is 1. The standard InChI is InChI=1S/C13H14FNO3S/c14-11-2-3-12(10(9-11)1-4-13(16)17)15-5-7-19(18)8-6-15/h1-4,9H,5-8H2,(H,16,17)/b4-1+. The Balaban J connectivity index is 2.28. The van der Waals surface area contributed by atoms with Gasteiger partial charge < -0.3 is 10.0 Å². The lowest BCUT2D eigenvalue weighted by molar-refractivity contribution is -0.131. The Morgan fingerprint density at radius 1 is 1.37 bits per heavy atom. The number of hydrogen-bond acceptors (Lipinski definition) is 3. The second-order valence-electron chi connectivity index (χ2n) is 4.21. The molecule has 2 rings (SSSR count). The predicted octanol–water partition coefficient (Wildman–Crippen LogP) is 1.49. The lowest BCUT2D eigenvalue weighted by atomic mass is 10.1. The van der Waals surface area contributed by atoms with Crippen LogP contribution in [-0.4, -0.2) is 39.9 Å². The molecule has 0 saturated carbocycles. The number of hydrogen-bond donors (Lipinski definition) is 1. The Kier molecular flexibility index (Phi) is 4.31. The summed E-state index contributed by atoms with van der Waals surface area (Å²) in [6.45, 7) is 1.26. The van der Waals surface area contributed by atoms with Crippen LogP contribution in [0.2, 0.25) is 0 Å². The van der Waals surface area contributed by atoms with Gasteiger partial charge in [0.2, 0.25) is 0 Å². The van der Waals surface area contributed by atoms with Crippen molar-refractivity contribution in [2.75, 3.05) is 29.5 Å². The normalized spacial score (nSPS) is 17.0. The van der Waals surface area contributed by atoms with Gasteiger partial charge in [-0.2, -0.15) is 0 Å². The fourth-order valence-corrected chi connectivity index (χ4v) is 3.04. The number of nitrogens with zero attached hydrogens (tertiary/aromatic N) is 1. The average molecular weight is 283 g/mol. The third-order valence-corrected chi connectivity index (χ3v) is 4.19. The van der Waals surface area contributed by atoms with E-state index in [-0.39, 0.29) is 0 Å². The highest BCUT2D eigenvalue weighted by Crippen LogP contribution is 2.24. The molecule has 1 aromatic rings. The number of benzene rings is 1. The predicted molar refractivity (Wildman–Crippen MR) is 73.2 cm³/mol. The van der Waals surface area contributed by atoms with E-state index in [1.165, 1.54) is 18.2 Å². The number of carbonyl (C=O) groups is 1. The Labute approximate surface area is 113 Å². The van der Waals surface area contributed by atoms with E-state index in [0.717, 1.165) is 11.8 Å². The highest BCUT2D eigenvalue weighted by molar-refractivity contribution is 7.85. The van der Waals surface area contributed by atoms with Crippen LogP contribution in [0.3, 0.4) is 0 Å². The van der Waals surface area contributed by atoms with Gasteiger partial charge in [-0.3, -0.25) is 4.21 Å². The van der Waals surface area contributed by atoms with E-state index in [1.54, 1.807) is 6.07 Å². The van der Waals surface area contributed by atoms with Gasteiger partial charge in [0.25, 0.3) is 0 Å². The molecule has 1 aliphatic rings. The Hall–Kier alpha value is -1.69. The maximum atomic E-state index is 13.3. The molecule has 0 aliphatic carbocycles. The van der Waals surface area contributed by atoms with E-state index in [2.05, 4.69) is 0 Å². The van der Waals surface area contributed by atoms with Crippen LogP contribution in [0.1, 0.15) is 5.56 Å². The molecule has 1 N–H and O–H groups in total. The molecule has 0 amide bonds. The van der Waals surface area contributed by atoms with E-state index >= 15 is 0 Å². The second-order valence-corrected chi connectivity index (χ2v) is 5.91. The number of carboxylic acids is 1. The smallest absolute Gasteiger partial charge is 0.328 e. The minimum absolute atomic E-state index is 0.408. The number of aliphatic carboxylic acids is 1. The molecule has 0 radical (unpaired) electrons. The molecule has 1 aromatic carbocycles. The maximum Gasteiger partial charge on any atom is 0.328 e. The molecular weight excluding hydrogens is 269 g/mol. The first-order chi connectivity index (χ1) is 9.06. The van der Waals surface area contributed by atoms with Gasteiger partial charge in [-0.1, -0.05) is 0 Å². The van der Waals surface area contributed by atoms with Crippen molar-refractivity contribution in [3.63, 3.8) is 0 Å². The van der Waals surface area contributed by atoms with Crippen molar-refractivity contribution >= 4 is 28.5 Å². The van der Waals surface area contributed by atoms with Crippen molar-refractivity contribution in [1.82, 2.24) is 0 Å². The highest BCUT2D eigenvalue weighted by Gasteiger charge is 2.17. The second kappa shape index (κ2) is 5.97. The maximum absolute atomic E-state index is 13.3. The van der Waals surface area contributed by atoms with Gasteiger partial charge in [0.1, 0.15) is 5.82 Å². The van der Waals surface area contributed by atoms with Crippen LogP contribution in [-0.2, 0) is 15.6 Å². The van der Waals surface area contributed by atoms with Gasteiger partial charge in [-0.05, 0) is 24.3 Å². The van der Waals surface area contributed by atoms with Crippen LogP contribution in [0.15, 0.2) is 24.3 Å². The van der Waals surface area contributed by atoms with Crippen LogP contribution in [0.25, 0.3) is 6.08 Å². The van der Waals surface area contributed by atoms with Gasteiger partial charge in [0, 0.05) is 52.7 Å². The van der Waals surface area contributed by atoms with Crippen LogP contribution >= 0.6 is 0 Å². The molecule has 1 aliphatic heterocycles. The summed E-state index contributed by atoms with van der Waals surface area (Å²) < 4.78 is 24.6. The van der Waals surface area contributed by atoms with E-state index in [1.807, 2.05) is 4.90 Å². The molecule has 1 fully saturated rings. The minimum atomic E-state index is -1.07. The zero-order valence-corrected chi connectivity index (χ0v) is 11.0. The first-order valence-electron chi connectivity index (χ1n) is 5.87. The third-order valence-electron chi connectivity index (χ3n) is 2.91. The topological polar surface area (TPSA) is 57.6 Å². The van der Waals surface area contributed by atoms with Crippen molar-refractivity contribution in [2.45, 2.75) is 0 Å². The lowest BCUT2D eigenvalue weighted by Gasteiger charge is -2.29. The summed E-state index contributed by atoms with van der Waals surface area (Å²) in [6, 6.07) is 4.28. The fourth-order valence-electron chi connectivity index (χ4n) is 1.99. The number of rotatable bonds is 3. The lowest BCUT2D eigenvalue weighted by Crippen LogP contribution is -2.38. The molecule has 102 valence electrons. The van der Waals surface area contributed by atoms with E-state index < -0.39 is 22.6 Å².